The largest absolute Gasteiger partial charge is 0.438 e. The molecular formula is C19H13F5N4O. The summed E-state index contributed by atoms with van der Waals surface area (Å²) in [5.74, 6) is -1.52. The van der Waals surface area contributed by atoms with Crippen LogP contribution in [0.2, 0.25) is 0 Å². The zero-order chi connectivity index (χ0) is 20.6. The van der Waals surface area contributed by atoms with Gasteiger partial charge in [0, 0.05) is 18.0 Å². The molecule has 2 atom stereocenters. The summed E-state index contributed by atoms with van der Waals surface area (Å²) in [5, 5.41) is 5.76. The molecule has 1 aromatic carbocycles. The maximum Gasteiger partial charge on any atom is 0.421 e. The Kier molecular flexibility index (Phi) is 4.69. The number of alkyl halides is 3. The first kappa shape index (κ1) is 18.9. The highest BCUT2D eigenvalue weighted by Gasteiger charge is 2.35. The third-order valence-electron chi connectivity index (χ3n) is 4.22. The molecule has 2 heterocycles. The number of ether oxygens (including phenoxy) is 1. The number of benzene rings is 1. The molecule has 5 nitrogen and oxygen atoms in total. The van der Waals surface area contributed by atoms with Gasteiger partial charge in [-0.2, -0.15) is 13.2 Å². The van der Waals surface area contributed by atoms with Crippen molar-refractivity contribution in [2.45, 2.75) is 18.3 Å². The lowest BCUT2D eigenvalue weighted by molar-refractivity contribution is -0.138. The third kappa shape index (κ3) is 4.05. The summed E-state index contributed by atoms with van der Waals surface area (Å²) in [6.07, 6.45) is -1.37. The number of nitrogens with one attached hydrogen (secondary N) is 2. The highest BCUT2D eigenvalue weighted by Crippen LogP contribution is 2.36. The minimum absolute atomic E-state index is 0.147. The lowest BCUT2D eigenvalue weighted by atomic mass is 10.0. The van der Waals surface area contributed by atoms with Crippen LogP contribution in [0.1, 0.15) is 5.56 Å². The number of anilines is 1. The summed E-state index contributed by atoms with van der Waals surface area (Å²) in [7, 11) is 0. The van der Waals surface area contributed by atoms with E-state index in [1.165, 1.54) is 30.5 Å². The second kappa shape index (κ2) is 7.19. The Labute approximate surface area is 161 Å². The van der Waals surface area contributed by atoms with Gasteiger partial charge in [0.1, 0.15) is 29.0 Å². The molecule has 10 heteroatoms. The minimum Gasteiger partial charge on any atom is -0.438 e. The molecule has 0 spiro atoms. The van der Waals surface area contributed by atoms with Crippen molar-refractivity contribution in [3.05, 3.63) is 72.0 Å². The Balaban J connectivity index is 1.45. The van der Waals surface area contributed by atoms with E-state index in [2.05, 4.69) is 20.6 Å². The van der Waals surface area contributed by atoms with Crippen LogP contribution in [-0.4, -0.2) is 23.0 Å². The monoisotopic (exact) mass is 408 g/mol. The molecule has 0 radical (unpaired) electrons. The van der Waals surface area contributed by atoms with Gasteiger partial charge in [-0.3, -0.25) is 0 Å². The molecular weight excluding hydrogens is 395 g/mol. The highest BCUT2D eigenvalue weighted by molar-refractivity contribution is 5.95. The van der Waals surface area contributed by atoms with Crippen LogP contribution in [0.15, 0.2) is 71.4 Å². The predicted octanol–water partition coefficient (Wildman–Crippen LogP) is 4.72. The molecule has 0 saturated heterocycles. The molecule has 1 aromatic heterocycles. The summed E-state index contributed by atoms with van der Waals surface area (Å²) in [5.41, 5.74) is -0.460. The van der Waals surface area contributed by atoms with Gasteiger partial charge in [-0.15, -0.1) is 0 Å². The standard InChI is InChI=1S/C19H13F5N4O/c20-10-8-14(21)16-15(9-10)27-18(28-16)26-11-3-5-12(6-4-11)29-17-13(19(22,23)24)2-1-7-25-17/h1-9,15-16H,(H2,26,27,28). The smallest absolute Gasteiger partial charge is 0.421 e. The fourth-order valence-electron chi connectivity index (χ4n) is 2.91. The Morgan fingerprint density at radius 1 is 1.07 bits per heavy atom. The van der Waals surface area contributed by atoms with Gasteiger partial charge in [0.2, 0.25) is 5.88 Å². The zero-order valence-corrected chi connectivity index (χ0v) is 14.5. The number of fused-ring (bicyclic) bond motifs is 1. The number of aliphatic imine (C=N–C) groups is 1. The first-order chi connectivity index (χ1) is 13.8. The van der Waals surface area contributed by atoms with Crippen molar-refractivity contribution in [3.63, 3.8) is 0 Å². The second-order valence-electron chi connectivity index (χ2n) is 6.28. The average Bonchev–Trinajstić information content (AvgIpc) is 3.05. The Bertz CT molecular complexity index is 1010. The van der Waals surface area contributed by atoms with Crippen LogP contribution >= 0.6 is 0 Å². The summed E-state index contributed by atoms with van der Waals surface area (Å²) >= 11 is 0. The van der Waals surface area contributed by atoms with Crippen LogP contribution in [0.3, 0.4) is 0 Å². The molecule has 2 N–H and O–H groups in total. The van der Waals surface area contributed by atoms with Crippen molar-refractivity contribution in [1.82, 2.24) is 10.3 Å². The van der Waals surface area contributed by atoms with Crippen LogP contribution in [0.5, 0.6) is 11.6 Å². The van der Waals surface area contributed by atoms with Gasteiger partial charge in [0.05, 0.1) is 6.04 Å². The molecule has 29 heavy (non-hydrogen) atoms. The van der Waals surface area contributed by atoms with Crippen molar-refractivity contribution >= 4 is 11.6 Å². The molecule has 2 aromatic rings. The number of hydrogen-bond acceptors (Lipinski definition) is 5. The van der Waals surface area contributed by atoms with Crippen molar-refractivity contribution in [3.8, 4) is 11.6 Å². The average molecular weight is 408 g/mol. The van der Waals surface area contributed by atoms with Crippen LogP contribution in [-0.2, 0) is 6.18 Å². The topological polar surface area (TPSA) is 58.5 Å². The molecule has 4 rings (SSSR count). The number of hydrogen-bond donors (Lipinski definition) is 2. The van der Waals surface area contributed by atoms with Crippen molar-refractivity contribution in [1.29, 1.82) is 0 Å². The van der Waals surface area contributed by atoms with E-state index < -0.39 is 41.4 Å². The quantitative estimate of drug-likeness (QED) is 0.722. The lowest BCUT2D eigenvalue weighted by Gasteiger charge is -2.16. The van der Waals surface area contributed by atoms with Gasteiger partial charge in [-0.25, -0.2) is 18.8 Å². The highest BCUT2D eigenvalue weighted by atomic mass is 19.4. The maximum atomic E-state index is 13.8. The van der Waals surface area contributed by atoms with E-state index in [0.717, 1.165) is 12.1 Å². The van der Waals surface area contributed by atoms with Crippen molar-refractivity contribution in [2.24, 2.45) is 4.99 Å². The Morgan fingerprint density at radius 2 is 1.83 bits per heavy atom. The molecule has 0 fully saturated rings. The van der Waals surface area contributed by atoms with Crippen LogP contribution in [0.25, 0.3) is 0 Å². The second-order valence-corrected chi connectivity index (χ2v) is 6.28. The lowest BCUT2D eigenvalue weighted by Crippen LogP contribution is -2.37. The van der Waals surface area contributed by atoms with E-state index in [-0.39, 0.29) is 11.7 Å². The molecule has 1 aliphatic heterocycles. The number of nitrogens with zero attached hydrogens (tertiary/aromatic N) is 2. The van der Waals surface area contributed by atoms with Crippen molar-refractivity contribution in [2.75, 3.05) is 5.32 Å². The maximum absolute atomic E-state index is 13.8. The summed E-state index contributed by atoms with van der Waals surface area (Å²) in [4.78, 5) is 7.76. The fourth-order valence-corrected chi connectivity index (χ4v) is 2.91. The van der Waals surface area contributed by atoms with Gasteiger partial charge >= 0.3 is 6.18 Å². The van der Waals surface area contributed by atoms with E-state index in [9.17, 15) is 22.0 Å². The number of allylic oxidation sites excluding steroid dienone is 2. The van der Waals surface area contributed by atoms with Crippen LogP contribution < -0.4 is 15.4 Å². The summed E-state index contributed by atoms with van der Waals surface area (Å²) in [6, 6.07) is 6.56. The number of pyridine rings is 1. The molecule has 150 valence electrons. The van der Waals surface area contributed by atoms with Gasteiger partial charge < -0.3 is 15.4 Å². The minimum atomic E-state index is -4.59. The zero-order valence-electron chi connectivity index (χ0n) is 14.5. The molecule has 0 amide bonds. The number of rotatable bonds is 3. The molecule has 0 saturated carbocycles. The molecule has 1 aliphatic carbocycles. The first-order valence-corrected chi connectivity index (χ1v) is 8.45. The van der Waals surface area contributed by atoms with E-state index in [1.54, 1.807) is 12.1 Å². The number of halogens is 5. The Morgan fingerprint density at radius 3 is 2.55 bits per heavy atom. The predicted molar refractivity (Wildman–Crippen MR) is 95.9 cm³/mol. The normalized spacial score (nSPS) is 20.8. The molecule has 2 unspecified atom stereocenters. The molecule has 2 aliphatic rings. The number of aromatic nitrogens is 1. The van der Waals surface area contributed by atoms with Crippen LogP contribution in [0.4, 0.5) is 27.6 Å². The fraction of sp³-hybridized carbons (Fsp3) is 0.158. The van der Waals surface area contributed by atoms with Gasteiger partial charge in [0.15, 0.2) is 5.96 Å². The van der Waals surface area contributed by atoms with Gasteiger partial charge in [0.25, 0.3) is 0 Å². The van der Waals surface area contributed by atoms with Crippen LogP contribution in [0, 0.1) is 0 Å². The van der Waals surface area contributed by atoms with E-state index in [1.807, 2.05) is 0 Å². The van der Waals surface area contributed by atoms with E-state index >= 15 is 0 Å². The van der Waals surface area contributed by atoms with E-state index in [0.29, 0.717) is 5.69 Å². The third-order valence-corrected chi connectivity index (χ3v) is 4.22. The summed E-state index contributed by atoms with van der Waals surface area (Å²) < 4.78 is 71.4. The molecule has 0 bridgehead atoms. The first-order valence-electron chi connectivity index (χ1n) is 8.45. The summed E-state index contributed by atoms with van der Waals surface area (Å²) in [6.45, 7) is 0. The van der Waals surface area contributed by atoms with Crippen molar-refractivity contribution < 1.29 is 26.7 Å². The number of guanidine groups is 1. The SMILES string of the molecule is FC1=CC2NC(Nc3ccc(Oc4ncccc4C(F)(F)F)cc3)=NC2C(F)=C1. The van der Waals surface area contributed by atoms with E-state index in [4.69, 9.17) is 4.74 Å². The van der Waals surface area contributed by atoms with Gasteiger partial charge in [-0.05, 0) is 42.5 Å². The Hall–Kier alpha value is -3.43. The van der Waals surface area contributed by atoms with Gasteiger partial charge in [-0.1, -0.05) is 0 Å².